The smallest absolute Gasteiger partial charge is 0.497 e. The number of nitrogens with zero attached hydrogens (tertiary/aromatic N) is 4. The molecule has 2 aromatic heterocycles. The third-order valence-electron chi connectivity index (χ3n) is 23.1. The van der Waals surface area contributed by atoms with Crippen molar-refractivity contribution < 1.29 is 37.6 Å². The van der Waals surface area contributed by atoms with Gasteiger partial charge in [0.15, 0.2) is 0 Å². The van der Waals surface area contributed by atoms with Crippen LogP contribution in [0.1, 0.15) is 66.5 Å². The van der Waals surface area contributed by atoms with Crippen molar-refractivity contribution in [1.29, 1.82) is 0 Å². The molecule has 0 aliphatic carbocycles. The summed E-state index contributed by atoms with van der Waals surface area (Å²) < 4.78 is 54.5. The lowest BCUT2D eigenvalue weighted by molar-refractivity contribution is 0.00578. The van der Waals surface area contributed by atoms with Crippen LogP contribution in [-0.4, -0.2) is 84.2 Å². The SMILES string of the molecule is COc1cc(B2OC(C)(C)C(C)(C)O2)c(OC)cc1B1OC(C)(C)C(C)(C)O1.COc1ccc2ccccc2c1-c1nc2c3cc(-c4ccccc4)ccc3c3ccc(-c4cc(C)c(-c5ccccc5)cc4C)cc3c2n1C.COc1ccc2ccccc2c1-c1nc2c3cc(Br)ccc3c3ccc(Br)cc3c2n1C. The Bertz CT molecular complexity index is 6260. The van der Waals surface area contributed by atoms with Crippen molar-refractivity contribution >= 4 is 144 Å². The van der Waals surface area contributed by atoms with Gasteiger partial charge in [-0.15, -0.1) is 0 Å². The van der Waals surface area contributed by atoms with Crippen LogP contribution in [0.25, 0.3) is 143 Å². The molecule has 18 rings (SSSR count). The molecule has 2 aliphatic heterocycles. The Morgan fingerprint density at radius 3 is 1.13 bits per heavy atom. The summed E-state index contributed by atoms with van der Waals surface area (Å²) in [4.78, 5) is 10.8. The summed E-state index contributed by atoms with van der Waals surface area (Å²) in [7, 11) is 9.85. The minimum Gasteiger partial charge on any atom is -0.497 e. The number of hydrogen-bond donors (Lipinski definition) is 0. The molecule has 0 radical (unpaired) electrons. The predicted molar refractivity (Wildman–Crippen MR) is 463 cm³/mol. The van der Waals surface area contributed by atoms with Crippen molar-refractivity contribution in [2.75, 3.05) is 28.4 Å². The molecule has 0 unspecified atom stereocenters. The minimum absolute atomic E-state index is 0.444. The van der Waals surface area contributed by atoms with Gasteiger partial charge in [0.1, 0.15) is 34.6 Å². The number of ether oxygens (including phenoxy) is 4. The van der Waals surface area contributed by atoms with Gasteiger partial charge in [-0.1, -0.05) is 202 Å². The fourth-order valence-corrected chi connectivity index (χ4v) is 16.6. The summed E-state index contributed by atoms with van der Waals surface area (Å²) in [6.07, 6.45) is 0. The summed E-state index contributed by atoms with van der Waals surface area (Å²) in [5.74, 6) is 4.69. The molecule has 2 aliphatic rings. The second kappa shape index (κ2) is 28.5. The van der Waals surface area contributed by atoms with Crippen LogP contribution in [0.3, 0.4) is 0 Å². The lowest BCUT2D eigenvalue weighted by Crippen LogP contribution is -2.41. The van der Waals surface area contributed by atoms with Crippen LogP contribution in [0.15, 0.2) is 239 Å². The van der Waals surface area contributed by atoms with Gasteiger partial charge in [0, 0.05) is 55.5 Å². The molecule has 14 aromatic carbocycles. The molecule has 2 saturated heterocycles. The molecule has 4 heterocycles. The quantitative estimate of drug-likeness (QED) is 0.0917. The largest absolute Gasteiger partial charge is 0.498 e. The van der Waals surface area contributed by atoms with Crippen molar-refractivity contribution in [3.05, 3.63) is 251 Å². The molecule has 0 bridgehead atoms. The highest BCUT2D eigenvalue weighted by Crippen LogP contribution is 2.48. The molecule has 550 valence electrons. The zero-order chi connectivity index (χ0) is 77.0. The third kappa shape index (κ3) is 12.8. The number of fused-ring (bicyclic) bond motifs is 14. The van der Waals surface area contributed by atoms with Gasteiger partial charge < -0.3 is 46.7 Å². The maximum Gasteiger partial charge on any atom is 0.498 e. The molecule has 110 heavy (non-hydrogen) atoms. The number of rotatable bonds is 11. The van der Waals surface area contributed by atoms with Crippen LogP contribution in [0, 0.1) is 13.8 Å². The molecule has 2 fully saturated rings. The van der Waals surface area contributed by atoms with E-state index in [-0.39, 0.29) is 0 Å². The molecule has 16 aromatic rings. The monoisotopic (exact) mass is 1580 g/mol. The molecule has 0 N–H and O–H groups in total. The van der Waals surface area contributed by atoms with Gasteiger partial charge in [-0.3, -0.25) is 0 Å². The molecule has 0 amide bonds. The maximum atomic E-state index is 6.20. The van der Waals surface area contributed by atoms with Crippen molar-refractivity contribution in [3.8, 4) is 79.2 Å². The number of imidazole rings is 2. The van der Waals surface area contributed by atoms with E-state index >= 15 is 0 Å². The summed E-state index contributed by atoms with van der Waals surface area (Å²) >= 11 is 7.33. The van der Waals surface area contributed by atoms with E-state index in [1.165, 1.54) is 76.8 Å². The number of hydrogen-bond acceptors (Lipinski definition) is 10. The van der Waals surface area contributed by atoms with Crippen LogP contribution in [-0.2, 0) is 32.7 Å². The number of aryl methyl sites for hydroxylation is 4. The topological polar surface area (TPSA) is 109 Å². The second-order valence-electron chi connectivity index (χ2n) is 30.7. The minimum atomic E-state index is -0.554. The highest BCUT2D eigenvalue weighted by Gasteiger charge is 2.55. The Labute approximate surface area is 659 Å². The van der Waals surface area contributed by atoms with Crippen LogP contribution in [0.4, 0.5) is 0 Å². The van der Waals surface area contributed by atoms with Gasteiger partial charge in [0.2, 0.25) is 0 Å². The van der Waals surface area contributed by atoms with Crippen LogP contribution in [0.5, 0.6) is 23.0 Å². The van der Waals surface area contributed by atoms with Gasteiger partial charge in [-0.05, 0) is 217 Å². The second-order valence-corrected chi connectivity index (χ2v) is 32.6. The van der Waals surface area contributed by atoms with E-state index in [2.05, 4.69) is 281 Å². The van der Waals surface area contributed by atoms with E-state index < -0.39 is 36.6 Å². The van der Waals surface area contributed by atoms with E-state index in [9.17, 15) is 0 Å². The highest BCUT2D eigenvalue weighted by molar-refractivity contribution is 9.10. The fraction of sp³-hybridized carbons (Fsp3) is 0.213. The number of halogens is 2. The molecule has 0 saturated carbocycles. The van der Waals surface area contributed by atoms with E-state index in [1.807, 2.05) is 73.6 Å². The average Bonchev–Trinajstić information content (AvgIpc) is 1.52. The normalized spacial score (nSPS) is 14.9. The Morgan fingerprint density at radius 1 is 0.327 bits per heavy atom. The zero-order valence-electron chi connectivity index (χ0n) is 64.9. The van der Waals surface area contributed by atoms with Crippen molar-refractivity contribution in [2.45, 2.75) is 91.6 Å². The molecule has 16 heteroatoms. The van der Waals surface area contributed by atoms with Crippen molar-refractivity contribution in [3.63, 3.8) is 0 Å². The van der Waals surface area contributed by atoms with E-state index in [4.69, 9.17) is 47.5 Å². The van der Waals surface area contributed by atoms with Gasteiger partial charge in [0.05, 0.1) is 84.0 Å². The predicted octanol–water partition coefficient (Wildman–Crippen LogP) is 22.9. The average molecular weight is 1580 g/mol. The Balaban J connectivity index is 0.000000133. The van der Waals surface area contributed by atoms with Gasteiger partial charge in [0.25, 0.3) is 0 Å². The third-order valence-corrected chi connectivity index (χ3v) is 24.1. The first-order chi connectivity index (χ1) is 52.8. The van der Waals surface area contributed by atoms with Gasteiger partial charge in [-0.25, -0.2) is 9.97 Å². The van der Waals surface area contributed by atoms with Crippen LogP contribution < -0.4 is 29.9 Å². The Kier molecular flexibility index (Phi) is 19.2. The summed E-state index contributed by atoms with van der Waals surface area (Å²) in [6.45, 7) is 20.6. The zero-order valence-corrected chi connectivity index (χ0v) is 68.1. The van der Waals surface area contributed by atoms with Crippen LogP contribution in [0.2, 0.25) is 0 Å². The van der Waals surface area contributed by atoms with Gasteiger partial charge >= 0.3 is 14.2 Å². The summed E-state index contributed by atoms with van der Waals surface area (Å²) in [6, 6.07) is 81.6. The number of benzene rings is 14. The van der Waals surface area contributed by atoms with E-state index in [0.717, 1.165) is 109 Å². The molecule has 12 nitrogen and oxygen atoms in total. The van der Waals surface area contributed by atoms with Gasteiger partial charge in [-0.2, -0.15) is 0 Å². The number of aromatic nitrogens is 4. The van der Waals surface area contributed by atoms with E-state index in [1.54, 1.807) is 28.4 Å². The van der Waals surface area contributed by atoms with Crippen LogP contribution >= 0.6 is 31.9 Å². The van der Waals surface area contributed by atoms with Crippen molar-refractivity contribution in [2.24, 2.45) is 14.1 Å². The molecule has 0 atom stereocenters. The highest BCUT2D eigenvalue weighted by atomic mass is 79.9. The molecular formula is C94H86B2Br2N4O8. The van der Waals surface area contributed by atoms with E-state index in [0.29, 0.717) is 11.5 Å². The first-order valence-electron chi connectivity index (χ1n) is 37.2. The Morgan fingerprint density at radius 2 is 0.682 bits per heavy atom. The lowest BCUT2D eigenvalue weighted by Gasteiger charge is -2.32. The standard InChI is InChI=1S/C47H36N2O.C27H18Br2N2O.C20H32B2O6/c1-29-26-40(30(2)25-39(29)32-15-9-6-10-16-32)35-20-23-38-37-22-19-34(31-13-7-5-8-14-31)27-41(37)45-46(42(38)28-35)49(3)47(48-45)44-36-18-12-11-17-33(36)21-24-43(44)50-4;1-31-26-22-14-17(29)9-11-20(22)19-10-8-16(28)13-21(19)25(26)30-27(31)24-18-6-4-3-5-15(18)7-12-23(24)32-2;1-17(2)18(3,4)26-21(25-17)13-11-16(24-10)14(12-15(13)23-9)22-27-19(5,6)20(7,8)28-22/h5-28H,1-4H3;3-14H,1-2H3;11-12H,1-10H3. The Hall–Kier alpha value is -10.3. The summed E-state index contributed by atoms with van der Waals surface area (Å²) in [5, 5.41) is 14.0. The summed E-state index contributed by atoms with van der Waals surface area (Å²) in [5.41, 5.74) is 15.8. The maximum absolute atomic E-state index is 6.20. The first-order valence-corrected chi connectivity index (χ1v) is 38.7. The fourth-order valence-electron chi connectivity index (χ4n) is 15.9. The number of methoxy groups -OCH3 is 4. The first kappa shape index (κ1) is 73.8. The lowest BCUT2D eigenvalue weighted by atomic mass is 9.72. The van der Waals surface area contributed by atoms with Crippen molar-refractivity contribution in [1.82, 2.24) is 19.1 Å². The molecule has 0 spiro atoms. The molecular weight excluding hydrogens is 1490 g/mol.